The van der Waals surface area contributed by atoms with Gasteiger partial charge in [-0.25, -0.2) is 0 Å². The molecular weight excluding hydrogens is 488 g/mol. The second-order valence-corrected chi connectivity index (χ2v) is 11.8. The van der Waals surface area contributed by atoms with Gasteiger partial charge in [-0.3, -0.25) is 4.79 Å². The minimum absolute atomic E-state index is 0.00754. The Morgan fingerprint density at radius 2 is 0.850 bits per heavy atom. The van der Waals surface area contributed by atoms with Crippen molar-refractivity contribution in [3.63, 3.8) is 0 Å². The maximum atomic E-state index is 11.9. The smallest absolute Gasteiger partial charge is 0.305 e. The molecule has 0 aromatic carbocycles. The molecule has 2 nitrogen and oxygen atoms in total. The Balaban J connectivity index is 3.22. The highest BCUT2D eigenvalue weighted by Crippen LogP contribution is 2.14. The zero-order valence-electron chi connectivity index (χ0n) is 27.3. The molecule has 0 fully saturated rings. The van der Waals surface area contributed by atoms with Gasteiger partial charge in [-0.1, -0.05) is 179 Å². The molecule has 0 aliphatic heterocycles. The maximum absolute atomic E-state index is 11.9. The number of carbonyl (C=O) groups is 1. The number of rotatable bonds is 32. The maximum Gasteiger partial charge on any atom is 0.305 e. The van der Waals surface area contributed by atoms with E-state index in [-0.39, 0.29) is 5.97 Å². The average molecular weight is 559 g/mol. The molecule has 0 atom stereocenters. The second-order valence-electron chi connectivity index (χ2n) is 11.8. The van der Waals surface area contributed by atoms with Crippen LogP contribution in [0.3, 0.4) is 0 Å². The summed E-state index contributed by atoms with van der Waals surface area (Å²) in [6.07, 6.45) is 49.2. The van der Waals surface area contributed by atoms with Gasteiger partial charge in [0.1, 0.15) is 0 Å². The third kappa shape index (κ3) is 34.7. The summed E-state index contributed by atoms with van der Waals surface area (Å²) in [5.41, 5.74) is 0. The van der Waals surface area contributed by atoms with Gasteiger partial charge in [0, 0.05) is 6.42 Å². The summed E-state index contributed by atoms with van der Waals surface area (Å²) in [6.45, 7) is 5.08. The number of hydrogen-bond acceptors (Lipinski definition) is 2. The van der Waals surface area contributed by atoms with Gasteiger partial charge in [0.05, 0.1) is 6.61 Å². The number of ether oxygens (including phenoxy) is 1. The molecule has 0 amide bonds. The first-order chi connectivity index (χ1) is 19.8. The Morgan fingerprint density at radius 1 is 0.450 bits per heavy atom. The van der Waals surface area contributed by atoms with Gasteiger partial charge in [-0.2, -0.15) is 0 Å². The Bertz CT molecular complexity index is 574. The van der Waals surface area contributed by atoms with Crippen LogP contribution in [-0.4, -0.2) is 12.6 Å². The van der Waals surface area contributed by atoms with Crippen LogP contribution in [0, 0.1) is 0 Å². The number of hydrogen-bond donors (Lipinski definition) is 0. The van der Waals surface area contributed by atoms with E-state index in [1.54, 1.807) is 0 Å². The molecule has 2 heteroatoms. The Morgan fingerprint density at radius 3 is 1.35 bits per heavy atom. The fraction of sp³-hybridized carbons (Fsp3) is 0.816. The number of allylic oxidation sites excluding steroid dienone is 6. The van der Waals surface area contributed by atoms with E-state index >= 15 is 0 Å². The van der Waals surface area contributed by atoms with E-state index < -0.39 is 0 Å². The zero-order valence-corrected chi connectivity index (χ0v) is 27.3. The molecule has 0 saturated heterocycles. The number of unbranched alkanes of at least 4 members (excludes halogenated alkanes) is 22. The van der Waals surface area contributed by atoms with E-state index in [9.17, 15) is 4.79 Å². The minimum atomic E-state index is 0.00754. The van der Waals surface area contributed by atoms with Crippen molar-refractivity contribution in [1.82, 2.24) is 0 Å². The standard InChI is InChI=1S/C38H70O2/c1-3-5-7-9-11-13-15-17-19-20-21-23-25-27-29-31-33-35-37-40-38(39)36-34-32-30-28-26-24-22-18-16-14-12-10-8-6-4-2/h6,8,12,14,18,22H,3-5,7,9-11,13,15-17,19-21,23-37H2,1-2H3/b8-6-,14-12-,22-18-. The van der Waals surface area contributed by atoms with Gasteiger partial charge in [0.15, 0.2) is 0 Å². The van der Waals surface area contributed by atoms with Crippen LogP contribution in [0.5, 0.6) is 0 Å². The van der Waals surface area contributed by atoms with E-state index in [4.69, 9.17) is 4.74 Å². The molecule has 0 bridgehead atoms. The lowest BCUT2D eigenvalue weighted by Gasteiger charge is -2.05. The molecule has 234 valence electrons. The summed E-state index contributed by atoms with van der Waals surface area (Å²) in [6, 6.07) is 0. The fourth-order valence-electron chi connectivity index (χ4n) is 5.15. The quantitative estimate of drug-likeness (QED) is 0.0466. The van der Waals surface area contributed by atoms with E-state index in [1.165, 1.54) is 135 Å². The molecule has 0 spiro atoms. The molecule has 0 saturated carbocycles. The van der Waals surface area contributed by atoms with Crippen molar-refractivity contribution < 1.29 is 9.53 Å². The molecule has 0 radical (unpaired) electrons. The molecule has 0 aliphatic rings. The van der Waals surface area contributed by atoms with Crippen molar-refractivity contribution in [2.75, 3.05) is 6.61 Å². The fourth-order valence-corrected chi connectivity index (χ4v) is 5.15. The zero-order chi connectivity index (χ0) is 29.0. The molecule has 0 N–H and O–H groups in total. The summed E-state index contributed by atoms with van der Waals surface area (Å²) < 4.78 is 5.43. The molecule has 40 heavy (non-hydrogen) atoms. The third-order valence-electron chi connectivity index (χ3n) is 7.79. The Kier molecular flexibility index (Phi) is 34.5. The van der Waals surface area contributed by atoms with Crippen LogP contribution in [-0.2, 0) is 9.53 Å². The van der Waals surface area contributed by atoms with Crippen LogP contribution in [0.15, 0.2) is 36.5 Å². The van der Waals surface area contributed by atoms with Gasteiger partial charge >= 0.3 is 5.97 Å². The van der Waals surface area contributed by atoms with Crippen molar-refractivity contribution >= 4 is 5.97 Å². The highest BCUT2D eigenvalue weighted by molar-refractivity contribution is 5.69. The lowest BCUT2D eigenvalue weighted by Crippen LogP contribution is -2.05. The summed E-state index contributed by atoms with van der Waals surface area (Å²) in [5.74, 6) is 0.00754. The van der Waals surface area contributed by atoms with Crippen molar-refractivity contribution in [3.8, 4) is 0 Å². The van der Waals surface area contributed by atoms with Crippen LogP contribution in [0.2, 0.25) is 0 Å². The Hall–Kier alpha value is -1.31. The summed E-state index contributed by atoms with van der Waals surface area (Å²) >= 11 is 0. The molecule has 0 rings (SSSR count). The highest BCUT2D eigenvalue weighted by Gasteiger charge is 2.02. The second kappa shape index (κ2) is 35.7. The van der Waals surface area contributed by atoms with Gasteiger partial charge in [-0.05, 0) is 44.9 Å². The highest BCUT2D eigenvalue weighted by atomic mass is 16.5. The topological polar surface area (TPSA) is 26.3 Å². The molecule has 0 heterocycles. The number of carbonyl (C=O) groups excluding carboxylic acids is 1. The first-order valence-corrected chi connectivity index (χ1v) is 17.9. The lowest BCUT2D eigenvalue weighted by atomic mass is 10.0. The van der Waals surface area contributed by atoms with Crippen LogP contribution >= 0.6 is 0 Å². The van der Waals surface area contributed by atoms with Gasteiger partial charge in [0.25, 0.3) is 0 Å². The molecule has 0 aromatic heterocycles. The summed E-state index contributed by atoms with van der Waals surface area (Å²) in [4.78, 5) is 11.9. The SMILES string of the molecule is CC/C=C\C/C=C\C/C=C\CCCCCCCC(=O)OCCCCCCCCCCCCCCCCCCCC. The normalized spacial score (nSPS) is 11.9. The summed E-state index contributed by atoms with van der Waals surface area (Å²) in [5, 5.41) is 0. The first-order valence-electron chi connectivity index (χ1n) is 17.9. The van der Waals surface area contributed by atoms with Crippen molar-refractivity contribution in [2.24, 2.45) is 0 Å². The lowest BCUT2D eigenvalue weighted by molar-refractivity contribution is -0.143. The van der Waals surface area contributed by atoms with Gasteiger partial charge in [0.2, 0.25) is 0 Å². The van der Waals surface area contributed by atoms with Gasteiger partial charge in [-0.15, -0.1) is 0 Å². The number of esters is 1. The molecule has 0 unspecified atom stereocenters. The Labute approximate surface area is 251 Å². The predicted octanol–water partition coefficient (Wildman–Crippen LogP) is 13.2. The van der Waals surface area contributed by atoms with Crippen LogP contribution in [0.1, 0.15) is 194 Å². The van der Waals surface area contributed by atoms with E-state index in [2.05, 4.69) is 50.3 Å². The predicted molar refractivity (Wildman–Crippen MR) is 179 cm³/mol. The molecule has 0 aromatic rings. The monoisotopic (exact) mass is 559 g/mol. The first kappa shape index (κ1) is 38.7. The minimum Gasteiger partial charge on any atom is -0.466 e. The van der Waals surface area contributed by atoms with Crippen LogP contribution in [0.25, 0.3) is 0 Å². The van der Waals surface area contributed by atoms with E-state index in [0.717, 1.165) is 38.5 Å². The largest absolute Gasteiger partial charge is 0.466 e. The van der Waals surface area contributed by atoms with E-state index in [0.29, 0.717) is 13.0 Å². The third-order valence-corrected chi connectivity index (χ3v) is 7.79. The molecule has 0 aliphatic carbocycles. The van der Waals surface area contributed by atoms with E-state index in [1.807, 2.05) is 0 Å². The van der Waals surface area contributed by atoms with Crippen LogP contribution < -0.4 is 0 Å². The van der Waals surface area contributed by atoms with Gasteiger partial charge < -0.3 is 4.74 Å². The molecular formula is C38H70O2. The average Bonchev–Trinajstić information content (AvgIpc) is 2.96. The van der Waals surface area contributed by atoms with Crippen LogP contribution in [0.4, 0.5) is 0 Å². The van der Waals surface area contributed by atoms with Crippen molar-refractivity contribution in [1.29, 1.82) is 0 Å². The van der Waals surface area contributed by atoms with Crippen molar-refractivity contribution in [3.05, 3.63) is 36.5 Å². The van der Waals surface area contributed by atoms with Crippen molar-refractivity contribution in [2.45, 2.75) is 194 Å². The summed E-state index contributed by atoms with van der Waals surface area (Å²) in [7, 11) is 0.